The first-order chi connectivity index (χ1) is 7.70. The molecule has 2 nitrogen and oxygen atoms in total. The summed E-state index contributed by atoms with van der Waals surface area (Å²) < 4.78 is 0. The summed E-state index contributed by atoms with van der Waals surface area (Å²) >= 11 is 3.91. The van der Waals surface area contributed by atoms with E-state index in [0.29, 0.717) is 10.5 Å². The Morgan fingerprint density at radius 1 is 1.00 bits per heavy atom. The fourth-order valence-corrected chi connectivity index (χ4v) is 2.39. The molecule has 0 heterocycles. The number of thioether (sulfide) groups is 2. The van der Waals surface area contributed by atoms with Crippen LogP contribution in [0.1, 0.15) is 48.5 Å². The van der Waals surface area contributed by atoms with Gasteiger partial charge in [0.25, 0.3) is 0 Å². The molecule has 102 valence electrons. The lowest BCUT2D eigenvalue weighted by Crippen LogP contribution is -2.33. The molecule has 0 aromatic rings. The quantitative estimate of drug-likeness (QED) is 0.561. The Morgan fingerprint density at radius 2 is 1.41 bits per heavy atom. The van der Waals surface area contributed by atoms with Gasteiger partial charge in [0.2, 0.25) is 0 Å². The molecule has 0 unspecified atom stereocenters. The predicted octanol–water partition coefficient (Wildman–Crippen LogP) is 4.01. The third-order valence-corrected chi connectivity index (χ3v) is 4.05. The molecule has 0 aromatic heterocycles. The van der Waals surface area contributed by atoms with E-state index in [1.54, 1.807) is 0 Å². The van der Waals surface area contributed by atoms with Crippen molar-refractivity contribution in [3.8, 4) is 0 Å². The smallest absolute Gasteiger partial charge is 0.0576 e. The molecule has 17 heavy (non-hydrogen) atoms. The van der Waals surface area contributed by atoms with Crippen molar-refractivity contribution in [2.75, 3.05) is 11.5 Å². The van der Waals surface area contributed by atoms with Gasteiger partial charge in [0.15, 0.2) is 0 Å². The number of rotatable bonds is 7. The van der Waals surface area contributed by atoms with Crippen LogP contribution in [0.3, 0.4) is 0 Å². The minimum Gasteiger partial charge on any atom is -0.305 e. The molecule has 0 aliphatic rings. The van der Waals surface area contributed by atoms with Crippen LogP contribution in [0.2, 0.25) is 0 Å². The Balaban J connectivity index is 4.28. The summed E-state index contributed by atoms with van der Waals surface area (Å²) in [6.45, 7) is 15.3. The van der Waals surface area contributed by atoms with Crippen LogP contribution < -0.4 is 5.43 Å². The topological polar surface area (TPSA) is 24.4 Å². The first-order valence-corrected chi connectivity index (χ1v) is 8.36. The number of nitrogens with zero attached hydrogens (tertiary/aromatic N) is 1. The van der Waals surface area contributed by atoms with Gasteiger partial charge in [0, 0.05) is 17.0 Å². The van der Waals surface area contributed by atoms with Crippen molar-refractivity contribution in [1.82, 2.24) is 5.43 Å². The molecule has 0 amide bonds. The molecule has 0 saturated carbocycles. The Bertz CT molecular complexity index is 216. The molecule has 0 rings (SSSR count). The largest absolute Gasteiger partial charge is 0.305 e. The lowest BCUT2D eigenvalue weighted by Gasteiger charge is -2.19. The molecule has 1 N–H and O–H groups in total. The van der Waals surface area contributed by atoms with Crippen LogP contribution in [0.5, 0.6) is 0 Å². The Hall–Kier alpha value is 0.170. The van der Waals surface area contributed by atoms with Crippen LogP contribution in [0, 0.1) is 0 Å². The number of nitrogens with one attached hydrogen (secondary N) is 1. The fourth-order valence-electron chi connectivity index (χ4n) is 0.879. The van der Waals surface area contributed by atoms with Gasteiger partial charge in [-0.25, -0.2) is 0 Å². The molecule has 0 bridgehead atoms. The summed E-state index contributed by atoms with van der Waals surface area (Å²) in [5.74, 6) is 2.06. The van der Waals surface area contributed by atoms with E-state index < -0.39 is 0 Å². The van der Waals surface area contributed by atoms with E-state index in [1.165, 1.54) is 5.71 Å². The number of hydrogen-bond donors (Lipinski definition) is 1. The van der Waals surface area contributed by atoms with E-state index in [-0.39, 0.29) is 5.54 Å². The third kappa shape index (κ3) is 12.4. The molecular formula is C13H28N2S2. The molecule has 0 fully saturated rings. The normalized spacial score (nSPS) is 12.1. The fraction of sp³-hybridized carbons (Fsp3) is 0.923. The second-order valence-electron chi connectivity index (χ2n) is 5.76. The number of hydrazone groups is 1. The average molecular weight is 277 g/mol. The van der Waals surface area contributed by atoms with E-state index in [9.17, 15) is 0 Å². The van der Waals surface area contributed by atoms with E-state index in [4.69, 9.17) is 0 Å². The average Bonchev–Trinajstić information content (AvgIpc) is 2.14. The van der Waals surface area contributed by atoms with Crippen LogP contribution in [-0.2, 0) is 0 Å². The van der Waals surface area contributed by atoms with Crippen LogP contribution in [0.4, 0.5) is 0 Å². The molecular weight excluding hydrogens is 248 g/mol. The Morgan fingerprint density at radius 3 is 1.71 bits per heavy atom. The SMILES string of the molecule is CC(C)SCC(CSC(C)C)=NNC(C)(C)C. The second kappa shape index (κ2) is 8.30. The maximum Gasteiger partial charge on any atom is 0.0576 e. The van der Waals surface area contributed by atoms with E-state index in [1.807, 2.05) is 23.5 Å². The van der Waals surface area contributed by atoms with Crippen LogP contribution in [0.25, 0.3) is 0 Å². The van der Waals surface area contributed by atoms with Gasteiger partial charge in [-0.05, 0) is 31.3 Å². The van der Waals surface area contributed by atoms with Gasteiger partial charge in [-0.2, -0.15) is 28.6 Å². The highest BCUT2D eigenvalue weighted by molar-refractivity contribution is 8.02. The lowest BCUT2D eigenvalue weighted by molar-refractivity contribution is 0.441. The van der Waals surface area contributed by atoms with E-state index in [0.717, 1.165) is 11.5 Å². The van der Waals surface area contributed by atoms with Gasteiger partial charge in [-0.15, -0.1) is 0 Å². The highest BCUT2D eigenvalue weighted by atomic mass is 32.2. The van der Waals surface area contributed by atoms with Crippen molar-refractivity contribution in [2.24, 2.45) is 5.10 Å². The van der Waals surface area contributed by atoms with Gasteiger partial charge in [-0.1, -0.05) is 27.7 Å². The monoisotopic (exact) mass is 276 g/mol. The molecule has 0 aromatic carbocycles. The number of hydrogen-bond acceptors (Lipinski definition) is 4. The lowest BCUT2D eigenvalue weighted by atomic mass is 10.1. The highest BCUT2D eigenvalue weighted by Crippen LogP contribution is 2.14. The zero-order valence-electron chi connectivity index (χ0n) is 12.3. The summed E-state index contributed by atoms with van der Waals surface area (Å²) in [6.07, 6.45) is 0. The van der Waals surface area contributed by atoms with Gasteiger partial charge in [0.05, 0.1) is 5.71 Å². The Kier molecular flexibility index (Phi) is 8.39. The highest BCUT2D eigenvalue weighted by Gasteiger charge is 2.09. The Labute approximate surface area is 116 Å². The predicted molar refractivity (Wildman–Crippen MR) is 85.5 cm³/mol. The summed E-state index contributed by atoms with van der Waals surface area (Å²) in [6, 6.07) is 0. The van der Waals surface area contributed by atoms with Crippen molar-refractivity contribution in [3.05, 3.63) is 0 Å². The third-order valence-electron chi connectivity index (χ3n) is 1.72. The van der Waals surface area contributed by atoms with E-state index >= 15 is 0 Å². The second-order valence-corrected chi connectivity index (χ2v) is 8.89. The minimum atomic E-state index is 0.0518. The van der Waals surface area contributed by atoms with Crippen LogP contribution in [0.15, 0.2) is 5.10 Å². The molecule has 0 aliphatic carbocycles. The zero-order chi connectivity index (χ0) is 13.5. The summed E-state index contributed by atoms with van der Waals surface area (Å²) in [5, 5.41) is 5.90. The molecule has 0 aliphatic heterocycles. The maximum absolute atomic E-state index is 4.56. The maximum atomic E-state index is 4.56. The first-order valence-electron chi connectivity index (χ1n) is 6.26. The summed E-state index contributed by atoms with van der Waals surface area (Å²) in [4.78, 5) is 0. The van der Waals surface area contributed by atoms with Crippen molar-refractivity contribution in [1.29, 1.82) is 0 Å². The van der Waals surface area contributed by atoms with Crippen molar-refractivity contribution < 1.29 is 0 Å². The molecule has 0 spiro atoms. The van der Waals surface area contributed by atoms with Crippen LogP contribution >= 0.6 is 23.5 Å². The standard InChI is InChI=1S/C13H28N2S2/c1-10(2)16-8-12(9-17-11(3)4)14-15-13(5,6)7/h10-11,15H,8-9H2,1-7H3. The van der Waals surface area contributed by atoms with Crippen molar-refractivity contribution in [2.45, 2.75) is 64.5 Å². The van der Waals surface area contributed by atoms with Crippen molar-refractivity contribution in [3.63, 3.8) is 0 Å². The first kappa shape index (κ1) is 17.2. The zero-order valence-corrected chi connectivity index (χ0v) is 14.0. The molecule has 0 atom stereocenters. The van der Waals surface area contributed by atoms with Crippen LogP contribution in [-0.4, -0.2) is 33.3 Å². The summed E-state index contributed by atoms with van der Waals surface area (Å²) in [7, 11) is 0. The molecule has 0 saturated heterocycles. The molecule has 0 radical (unpaired) electrons. The van der Waals surface area contributed by atoms with Gasteiger partial charge in [0.1, 0.15) is 0 Å². The van der Waals surface area contributed by atoms with Gasteiger partial charge >= 0.3 is 0 Å². The van der Waals surface area contributed by atoms with Gasteiger partial charge < -0.3 is 5.43 Å². The molecule has 4 heteroatoms. The van der Waals surface area contributed by atoms with Crippen molar-refractivity contribution >= 4 is 29.2 Å². The summed E-state index contributed by atoms with van der Waals surface area (Å²) in [5.41, 5.74) is 4.54. The van der Waals surface area contributed by atoms with E-state index in [2.05, 4.69) is 59.0 Å². The minimum absolute atomic E-state index is 0.0518. The van der Waals surface area contributed by atoms with Gasteiger partial charge in [-0.3, -0.25) is 0 Å².